The van der Waals surface area contributed by atoms with Gasteiger partial charge in [0.15, 0.2) is 0 Å². The molecular formula is C21H25N3O. The molecule has 0 radical (unpaired) electrons. The number of aryl methyl sites for hydroxylation is 1. The van der Waals surface area contributed by atoms with Crippen LogP contribution in [0, 0.1) is 19.3 Å². The van der Waals surface area contributed by atoms with Crippen LogP contribution >= 0.6 is 0 Å². The van der Waals surface area contributed by atoms with Gasteiger partial charge in [0, 0.05) is 23.1 Å². The predicted molar refractivity (Wildman–Crippen MR) is 101 cm³/mol. The number of fused-ring (bicyclic) bond motifs is 1. The SMILES string of the molecule is C#CC(=O)N1[C@@H](CCCC)Cc2cc(C)[nH]c2[C@@H]1c1ccc(N)cc1. The largest absolute Gasteiger partial charge is 0.399 e. The lowest BCUT2D eigenvalue weighted by atomic mass is 9.87. The summed E-state index contributed by atoms with van der Waals surface area (Å²) in [7, 11) is 0. The highest BCUT2D eigenvalue weighted by Gasteiger charge is 2.38. The van der Waals surface area contributed by atoms with E-state index in [0.29, 0.717) is 5.69 Å². The number of hydrogen-bond donors (Lipinski definition) is 2. The van der Waals surface area contributed by atoms with Gasteiger partial charge in [0.2, 0.25) is 0 Å². The molecule has 130 valence electrons. The normalized spacial score (nSPS) is 19.3. The lowest BCUT2D eigenvalue weighted by Crippen LogP contribution is -2.47. The van der Waals surface area contributed by atoms with E-state index in [0.717, 1.165) is 42.6 Å². The number of nitrogens with zero attached hydrogens (tertiary/aromatic N) is 1. The van der Waals surface area contributed by atoms with Crippen LogP contribution in [0.4, 0.5) is 5.69 Å². The number of carbonyl (C=O) groups excluding carboxylic acids is 1. The van der Waals surface area contributed by atoms with E-state index < -0.39 is 0 Å². The van der Waals surface area contributed by atoms with Crippen LogP contribution in [0.25, 0.3) is 0 Å². The average molecular weight is 335 g/mol. The van der Waals surface area contributed by atoms with E-state index in [4.69, 9.17) is 12.2 Å². The number of carbonyl (C=O) groups is 1. The highest BCUT2D eigenvalue weighted by atomic mass is 16.2. The molecule has 1 aliphatic heterocycles. The van der Waals surface area contributed by atoms with Crippen LogP contribution in [-0.2, 0) is 11.2 Å². The smallest absolute Gasteiger partial charge is 0.299 e. The van der Waals surface area contributed by atoms with Crippen LogP contribution in [0.15, 0.2) is 30.3 Å². The maximum atomic E-state index is 12.7. The molecule has 1 aliphatic rings. The number of nitrogens with two attached hydrogens (primary N) is 1. The van der Waals surface area contributed by atoms with E-state index >= 15 is 0 Å². The molecule has 2 aromatic rings. The first-order valence-corrected chi connectivity index (χ1v) is 8.87. The molecule has 3 rings (SSSR count). The van der Waals surface area contributed by atoms with Crippen molar-refractivity contribution >= 4 is 11.6 Å². The first-order chi connectivity index (χ1) is 12.0. The minimum absolute atomic E-state index is 0.119. The maximum Gasteiger partial charge on any atom is 0.299 e. The molecule has 3 N–H and O–H groups in total. The fourth-order valence-electron chi connectivity index (χ4n) is 3.83. The van der Waals surface area contributed by atoms with Gasteiger partial charge in [0.25, 0.3) is 5.91 Å². The van der Waals surface area contributed by atoms with Gasteiger partial charge in [-0.2, -0.15) is 0 Å². The molecule has 4 heteroatoms. The second kappa shape index (κ2) is 7.06. The van der Waals surface area contributed by atoms with Crippen LogP contribution in [0.2, 0.25) is 0 Å². The Balaban J connectivity index is 2.12. The number of amides is 1. The Morgan fingerprint density at radius 1 is 1.40 bits per heavy atom. The van der Waals surface area contributed by atoms with Gasteiger partial charge >= 0.3 is 0 Å². The predicted octanol–water partition coefficient (Wildman–Crippen LogP) is 3.57. The molecule has 0 saturated carbocycles. The summed E-state index contributed by atoms with van der Waals surface area (Å²) < 4.78 is 0. The van der Waals surface area contributed by atoms with Crippen LogP contribution in [0.5, 0.6) is 0 Å². The zero-order chi connectivity index (χ0) is 18.0. The van der Waals surface area contributed by atoms with Crippen molar-refractivity contribution in [3.05, 3.63) is 52.8 Å². The third-order valence-electron chi connectivity index (χ3n) is 4.97. The van der Waals surface area contributed by atoms with Gasteiger partial charge in [-0.05, 0) is 55.0 Å². The van der Waals surface area contributed by atoms with Gasteiger partial charge in [-0.15, -0.1) is 6.42 Å². The molecular weight excluding hydrogens is 310 g/mol. The molecule has 0 unspecified atom stereocenters. The molecule has 0 bridgehead atoms. The van der Waals surface area contributed by atoms with Crippen molar-refractivity contribution in [1.29, 1.82) is 0 Å². The summed E-state index contributed by atoms with van der Waals surface area (Å²) in [5, 5.41) is 0. The summed E-state index contributed by atoms with van der Waals surface area (Å²) in [6, 6.07) is 9.84. The van der Waals surface area contributed by atoms with E-state index in [9.17, 15) is 4.79 Å². The number of unbranched alkanes of at least 4 members (excludes halogenated alkanes) is 1. The van der Waals surface area contributed by atoms with Gasteiger partial charge in [-0.25, -0.2) is 0 Å². The molecule has 1 aromatic carbocycles. The van der Waals surface area contributed by atoms with E-state index in [1.54, 1.807) is 0 Å². The first-order valence-electron chi connectivity index (χ1n) is 8.87. The number of aromatic amines is 1. The Labute approximate surface area is 149 Å². The highest BCUT2D eigenvalue weighted by molar-refractivity contribution is 5.94. The highest BCUT2D eigenvalue weighted by Crippen LogP contribution is 2.39. The van der Waals surface area contributed by atoms with E-state index in [2.05, 4.69) is 23.9 Å². The van der Waals surface area contributed by atoms with Crippen molar-refractivity contribution in [2.75, 3.05) is 5.73 Å². The number of nitrogen functional groups attached to an aromatic ring is 1. The lowest BCUT2D eigenvalue weighted by molar-refractivity contribution is -0.130. The topological polar surface area (TPSA) is 62.1 Å². The Morgan fingerprint density at radius 2 is 2.12 bits per heavy atom. The number of rotatable bonds is 4. The molecule has 0 saturated heterocycles. The molecule has 1 amide bonds. The minimum atomic E-state index is -0.249. The number of nitrogens with one attached hydrogen (secondary N) is 1. The van der Waals surface area contributed by atoms with Gasteiger partial charge < -0.3 is 15.6 Å². The zero-order valence-corrected chi connectivity index (χ0v) is 14.9. The van der Waals surface area contributed by atoms with Gasteiger partial charge in [0.05, 0.1) is 6.04 Å². The molecule has 2 atom stereocenters. The fraction of sp³-hybridized carbons (Fsp3) is 0.381. The number of terminal acetylenes is 1. The Morgan fingerprint density at radius 3 is 2.76 bits per heavy atom. The molecule has 25 heavy (non-hydrogen) atoms. The van der Waals surface area contributed by atoms with Crippen molar-refractivity contribution in [2.45, 2.75) is 51.6 Å². The standard InChI is InChI=1S/C21H25N3O/c1-4-6-7-18-13-16-12-14(3)23-20(16)21(24(18)19(25)5-2)15-8-10-17(22)11-9-15/h2,8-12,18,21,23H,4,6-7,13,22H2,1,3H3/t18-,21-/m0/s1. The average Bonchev–Trinajstić information content (AvgIpc) is 2.98. The fourth-order valence-corrected chi connectivity index (χ4v) is 3.83. The van der Waals surface area contributed by atoms with E-state index in [1.165, 1.54) is 5.56 Å². The maximum absolute atomic E-state index is 12.7. The Hall–Kier alpha value is -2.67. The second-order valence-electron chi connectivity index (χ2n) is 6.82. The molecule has 2 heterocycles. The molecule has 0 aliphatic carbocycles. The third-order valence-corrected chi connectivity index (χ3v) is 4.97. The summed E-state index contributed by atoms with van der Waals surface area (Å²) in [6.07, 6.45) is 9.49. The van der Waals surface area contributed by atoms with E-state index in [1.807, 2.05) is 36.1 Å². The summed E-state index contributed by atoms with van der Waals surface area (Å²) in [5.41, 5.74) is 11.0. The van der Waals surface area contributed by atoms with Crippen LogP contribution in [0.1, 0.15) is 54.7 Å². The van der Waals surface area contributed by atoms with Crippen molar-refractivity contribution < 1.29 is 4.79 Å². The first kappa shape index (κ1) is 17.2. The molecule has 0 fully saturated rings. The van der Waals surface area contributed by atoms with Crippen LogP contribution in [-0.4, -0.2) is 21.8 Å². The van der Waals surface area contributed by atoms with Crippen LogP contribution in [0.3, 0.4) is 0 Å². The summed E-state index contributed by atoms with van der Waals surface area (Å²) >= 11 is 0. The molecule has 0 spiro atoms. The minimum Gasteiger partial charge on any atom is -0.399 e. The number of hydrogen-bond acceptors (Lipinski definition) is 2. The molecule has 4 nitrogen and oxygen atoms in total. The molecule has 1 aromatic heterocycles. The Kier molecular flexibility index (Phi) is 4.85. The Bertz CT molecular complexity index is 798. The van der Waals surface area contributed by atoms with Crippen LogP contribution < -0.4 is 5.73 Å². The van der Waals surface area contributed by atoms with E-state index in [-0.39, 0.29) is 18.0 Å². The van der Waals surface area contributed by atoms with Gasteiger partial charge in [0.1, 0.15) is 0 Å². The van der Waals surface area contributed by atoms with Gasteiger partial charge in [-0.1, -0.05) is 31.9 Å². The number of anilines is 1. The number of benzene rings is 1. The van der Waals surface area contributed by atoms with Crippen molar-refractivity contribution in [2.24, 2.45) is 0 Å². The second-order valence-corrected chi connectivity index (χ2v) is 6.82. The van der Waals surface area contributed by atoms with Crippen molar-refractivity contribution in [3.63, 3.8) is 0 Å². The number of H-pyrrole nitrogens is 1. The zero-order valence-electron chi connectivity index (χ0n) is 14.9. The number of aromatic nitrogens is 1. The monoisotopic (exact) mass is 335 g/mol. The van der Waals surface area contributed by atoms with Crippen molar-refractivity contribution in [1.82, 2.24) is 9.88 Å². The summed E-state index contributed by atoms with van der Waals surface area (Å²) in [6.45, 7) is 4.21. The quantitative estimate of drug-likeness (QED) is 0.663. The van der Waals surface area contributed by atoms with Crippen molar-refractivity contribution in [3.8, 4) is 12.3 Å². The van der Waals surface area contributed by atoms with Gasteiger partial charge in [-0.3, -0.25) is 4.79 Å². The summed E-state index contributed by atoms with van der Waals surface area (Å²) in [4.78, 5) is 18.0. The third kappa shape index (κ3) is 3.28. The lowest BCUT2D eigenvalue weighted by Gasteiger charge is -2.41. The summed E-state index contributed by atoms with van der Waals surface area (Å²) in [5.74, 6) is 2.09.